The van der Waals surface area contributed by atoms with Crippen LogP contribution in [-0.4, -0.2) is 21.5 Å². The normalized spacial score (nSPS) is 32.8. The molecule has 4 aliphatic carbocycles. The van der Waals surface area contributed by atoms with Gasteiger partial charge in [-0.25, -0.2) is 4.98 Å². The maximum atomic E-state index is 12.8. The van der Waals surface area contributed by atoms with Crippen LogP contribution in [0.1, 0.15) is 48.4 Å². The van der Waals surface area contributed by atoms with Crippen LogP contribution in [0.3, 0.4) is 0 Å². The molecule has 4 saturated carbocycles. The number of imidazole rings is 1. The first-order valence-electron chi connectivity index (χ1n) is 9.59. The zero-order valence-electron chi connectivity index (χ0n) is 14.7. The van der Waals surface area contributed by atoms with Crippen molar-refractivity contribution < 1.29 is 4.79 Å². The van der Waals surface area contributed by atoms with Gasteiger partial charge in [0.25, 0.3) is 5.91 Å². The summed E-state index contributed by atoms with van der Waals surface area (Å²) in [7, 11) is 0. The van der Waals surface area contributed by atoms with Crippen LogP contribution < -0.4 is 5.32 Å². The molecule has 1 aromatic carbocycles. The molecule has 1 aromatic heterocycles. The number of rotatable bonds is 3. The molecule has 4 heteroatoms. The summed E-state index contributed by atoms with van der Waals surface area (Å²) in [5.74, 6) is 4.08. The van der Waals surface area contributed by atoms with Gasteiger partial charge >= 0.3 is 0 Å². The first-order chi connectivity index (χ1) is 12.2. The van der Waals surface area contributed by atoms with Crippen LogP contribution in [0.15, 0.2) is 36.5 Å². The second kappa shape index (κ2) is 5.72. The molecule has 1 heterocycles. The highest BCUT2D eigenvalue weighted by Gasteiger charge is 2.48. The molecule has 4 nitrogen and oxygen atoms in total. The molecule has 0 atom stereocenters. The fourth-order valence-electron chi connectivity index (χ4n) is 5.82. The lowest BCUT2D eigenvalue weighted by Crippen LogP contribution is -2.55. The summed E-state index contributed by atoms with van der Waals surface area (Å²) in [4.78, 5) is 17.4. The van der Waals surface area contributed by atoms with Crippen molar-refractivity contribution in [3.63, 3.8) is 0 Å². The van der Waals surface area contributed by atoms with E-state index < -0.39 is 0 Å². The quantitative estimate of drug-likeness (QED) is 0.929. The van der Waals surface area contributed by atoms with Crippen LogP contribution in [0.25, 0.3) is 5.69 Å². The second-order valence-corrected chi connectivity index (χ2v) is 8.31. The third kappa shape index (κ3) is 2.59. The van der Waals surface area contributed by atoms with E-state index in [0.29, 0.717) is 23.6 Å². The largest absolute Gasteiger partial charge is 0.347 e. The van der Waals surface area contributed by atoms with Crippen LogP contribution in [0, 0.1) is 30.6 Å². The van der Waals surface area contributed by atoms with Crippen molar-refractivity contribution in [2.45, 2.75) is 45.1 Å². The number of amides is 1. The van der Waals surface area contributed by atoms with Crippen LogP contribution >= 0.6 is 0 Å². The van der Waals surface area contributed by atoms with Crippen molar-refractivity contribution in [1.82, 2.24) is 14.9 Å². The smallest absolute Gasteiger partial charge is 0.271 e. The number of nitrogens with zero attached hydrogens (tertiary/aromatic N) is 2. The van der Waals surface area contributed by atoms with Gasteiger partial charge in [0.05, 0.1) is 0 Å². The number of carbonyl (C=O) groups is 1. The third-order valence-corrected chi connectivity index (χ3v) is 6.67. The van der Waals surface area contributed by atoms with E-state index in [-0.39, 0.29) is 5.91 Å². The molecule has 1 N–H and O–H groups in total. The first-order valence-corrected chi connectivity index (χ1v) is 9.59. The van der Waals surface area contributed by atoms with Gasteiger partial charge in [0.2, 0.25) is 0 Å². The Morgan fingerprint density at radius 3 is 2.32 bits per heavy atom. The van der Waals surface area contributed by atoms with Crippen molar-refractivity contribution in [3.05, 3.63) is 48.0 Å². The van der Waals surface area contributed by atoms with Crippen molar-refractivity contribution in [3.8, 4) is 5.69 Å². The average Bonchev–Trinajstić information content (AvgIpc) is 3.00. The Morgan fingerprint density at radius 1 is 1.04 bits per heavy atom. The minimum absolute atomic E-state index is 0.00439. The summed E-state index contributed by atoms with van der Waals surface area (Å²) in [6.45, 7) is 1.95. The first kappa shape index (κ1) is 15.2. The van der Waals surface area contributed by atoms with Crippen LogP contribution in [0.2, 0.25) is 0 Å². The number of aromatic nitrogens is 2. The lowest BCUT2D eigenvalue weighted by atomic mass is 9.54. The number of hydrogen-bond acceptors (Lipinski definition) is 2. The van der Waals surface area contributed by atoms with E-state index in [2.05, 4.69) is 10.3 Å². The Morgan fingerprint density at radius 2 is 1.68 bits per heavy atom. The van der Waals surface area contributed by atoms with Gasteiger partial charge in [-0.15, -0.1) is 0 Å². The topological polar surface area (TPSA) is 46.9 Å². The summed E-state index contributed by atoms with van der Waals surface area (Å²) in [5, 5.41) is 3.36. The van der Waals surface area contributed by atoms with Crippen molar-refractivity contribution in [2.24, 2.45) is 23.7 Å². The van der Waals surface area contributed by atoms with Gasteiger partial charge in [-0.05, 0) is 74.8 Å². The van der Waals surface area contributed by atoms with E-state index in [1.165, 1.54) is 32.1 Å². The number of aryl methyl sites for hydroxylation is 1. The van der Waals surface area contributed by atoms with Gasteiger partial charge in [0.1, 0.15) is 11.5 Å². The number of benzene rings is 1. The van der Waals surface area contributed by atoms with E-state index in [9.17, 15) is 4.79 Å². The van der Waals surface area contributed by atoms with Gasteiger partial charge in [-0.2, -0.15) is 0 Å². The van der Waals surface area contributed by atoms with E-state index in [4.69, 9.17) is 0 Å². The van der Waals surface area contributed by atoms with E-state index in [1.807, 2.05) is 48.0 Å². The highest BCUT2D eigenvalue weighted by atomic mass is 16.2. The Kier molecular flexibility index (Phi) is 3.47. The highest BCUT2D eigenvalue weighted by Crippen LogP contribution is 2.53. The maximum Gasteiger partial charge on any atom is 0.271 e. The summed E-state index contributed by atoms with van der Waals surface area (Å²) in [6.07, 6.45) is 8.57. The van der Waals surface area contributed by atoms with Crippen molar-refractivity contribution in [1.29, 1.82) is 0 Å². The zero-order chi connectivity index (χ0) is 17.0. The minimum atomic E-state index is -0.00439. The molecule has 1 amide bonds. The lowest BCUT2D eigenvalue weighted by molar-refractivity contribution is -0.0120. The fraction of sp³-hybridized carbons (Fsp3) is 0.524. The van der Waals surface area contributed by atoms with Gasteiger partial charge < -0.3 is 9.88 Å². The number of para-hydroxylation sites is 1. The molecule has 4 fully saturated rings. The summed E-state index contributed by atoms with van der Waals surface area (Å²) in [5.41, 5.74) is 1.58. The molecule has 130 valence electrons. The van der Waals surface area contributed by atoms with Gasteiger partial charge in [-0.1, -0.05) is 18.2 Å². The molecule has 4 aliphatic rings. The summed E-state index contributed by atoms with van der Waals surface area (Å²) in [6, 6.07) is 10.4. The summed E-state index contributed by atoms with van der Waals surface area (Å²) < 4.78 is 1.99. The Balaban J connectivity index is 1.35. The average molecular weight is 335 g/mol. The molecular formula is C21H25N3O. The molecular weight excluding hydrogens is 310 g/mol. The monoisotopic (exact) mass is 335 g/mol. The molecule has 4 bridgehead atoms. The molecule has 0 radical (unpaired) electrons. The van der Waals surface area contributed by atoms with Crippen LogP contribution in [-0.2, 0) is 0 Å². The Labute approximate surface area is 148 Å². The SMILES string of the molecule is Cc1nc(C(=O)NC2C3CC4CC(C3)CC2C4)cn1-c1ccccc1. The lowest BCUT2D eigenvalue weighted by Gasteiger charge is -2.54. The van der Waals surface area contributed by atoms with Gasteiger partial charge in [0, 0.05) is 17.9 Å². The number of nitrogens with one attached hydrogen (secondary N) is 1. The van der Waals surface area contributed by atoms with Crippen molar-refractivity contribution >= 4 is 5.91 Å². The van der Waals surface area contributed by atoms with Gasteiger partial charge in [-0.3, -0.25) is 4.79 Å². The summed E-state index contributed by atoms with van der Waals surface area (Å²) >= 11 is 0. The fourth-order valence-corrected chi connectivity index (χ4v) is 5.82. The molecule has 6 rings (SSSR count). The van der Waals surface area contributed by atoms with Crippen LogP contribution in [0.5, 0.6) is 0 Å². The van der Waals surface area contributed by atoms with Crippen LogP contribution in [0.4, 0.5) is 0 Å². The maximum absolute atomic E-state index is 12.8. The van der Waals surface area contributed by atoms with E-state index in [0.717, 1.165) is 23.3 Å². The number of hydrogen-bond donors (Lipinski definition) is 1. The van der Waals surface area contributed by atoms with Crippen molar-refractivity contribution in [2.75, 3.05) is 0 Å². The third-order valence-electron chi connectivity index (χ3n) is 6.67. The minimum Gasteiger partial charge on any atom is -0.347 e. The van der Waals surface area contributed by atoms with E-state index in [1.54, 1.807) is 0 Å². The molecule has 0 spiro atoms. The van der Waals surface area contributed by atoms with E-state index >= 15 is 0 Å². The Hall–Kier alpha value is -2.10. The zero-order valence-corrected chi connectivity index (χ0v) is 14.7. The number of carbonyl (C=O) groups excluding carboxylic acids is 1. The molecule has 0 saturated heterocycles. The second-order valence-electron chi connectivity index (χ2n) is 8.31. The highest BCUT2D eigenvalue weighted by molar-refractivity contribution is 5.92. The molecule has 0 unspecified atom stereocenters. The standard InChI is InChI=1S/C21H25N3O/c1-13-22-19(12-24(13)18-5-3-2-4-6-18)21(25)23-20-16-8-14-7-15(10-16)11-17(20)9-14/h2-6,12,14-17,20H,7-11H2,1H3,(H,23,25). The van der Waals surface area contributed by atoms with Gasteiger partial charge in [0.15, 0.2) is 0 Å². The molecule has 2 aromatic rings. The predicted molar refractivity (Wildman–Crippen MR) is 96.6 cm³/mol. The molecule has 0 aliphatic heterocycles. The predicted octanol–water partition coefficient (Wildman–Crippen LogP) is 3.74. The Bertz CT molecular complexity index is 767. The molecule has 25 heavy (non-hydrogen) atoms.